The molecular weight excluding hydrogens is 491 g/mol. The highest BCUT2D eigenvalue weighted by Gasteiger charge is 2.23. The molecule has 1 atom stereocenters. The van der Waals surface area contributed by atoms with Gasteiger partial charge in [0.2, 0.25) is 5.91 Å². The van der Waals surface area contributed by atoms with Crippen molar-refractivity contribution in [2.45, 2.75) is 45.1 Å². The number of carbonyl (C=O) groups excluding carboxylic acids is 1. The van der Waals surface area contributed by atoms with Gasteiger partial charge in [0, 0.05) is 30.6 Å². The highest BCUT2D eigenvalue weighted by molar-refractivity contribution is 6.42. The quantitative estimate of drug-likeness (QED) is 0.308. The van der Waals surface area contributed by atoms with Gasteiger partial charge in [0.05, 0.1) is 10.0 Å². The number of halogens is 2. The first-order chi connectivity index (χ1) is 17.4. The van der Waals surface area contributed by atoms with Crippen LogP contribution >= 0.6 is 23.2 Å². The van der Waals surface area contributed by atoms with E-state index in [4.69, 9.17) is 27.9 Å². The Kier molecular flexibility index (Phi) is 9.30. The predicted octanol–water partition coefficient (Wildman–Crippen LogP) is 7.98. The van der Waals surface area contributed by atoms with E-state index in [0.29, 0.717) is 16.0 Å². The molecule has 0 unspecified atom stereocenters. The summed E-state index contributed by atoms with van der Waals surface area (Å²) in [5, 5.41) is 4.05. The van der Waals surface area contributed by atoms with Crippen LogP contribution in [0.15, 0.2) is 72.8 Å². The Labute approximate surface area is 224 Å². The molecule has 0 spiro atoms. The number of amides is 1. The Morgan fingerprint density at radius 3 is 2.42 bits per heavy atom. The lowest BCUT2D eigenvalue weighted by Gasteiger charge is -2.33. The fourth-order valence-corrected chi connectivity index (χ4v) is 4.91. The molecule has 0 radical (unpaired) electrons. The molecule has 3 aromatic carbocycles. The summed E-state index contributed by atoms with van der Waals surface area (Å²) in [5.74, 6) is 1.26. The van der Waals surface area contributed by atoms with Crippen LogP contribution in [0, 0.1) is 5.92 Å². The normalized spacial score (nSPS) is 15.6. The molecule has 0 bridgehead atoms. The molecule has 1 aliphatic heterocycles. The van der Waals surface area contributed by atoms with Crippen LogP contribution in [-0.4, -0.2) is 30.4 Å². The Morgan fingerprint density at radius 1 is 0.972 bits per heavy atom. The van der Waals surface area contributed by atoms with Crippen molar-refractivity contribution in [2.24, 2.45) is 5.92 Å². The second-order valence-electron chi connectivity index (χ2n) is 9.77. The maximum absolute atomic E-state index is 12.1. The molecule has 1 aliphatic rings. The number of rotatable bonds is 9. The van der Waals surface area contributed by atoms with Crippen molar-refractivity contribution >= 4 is 34.8 Å². The Morgan fingerprint density at radius 2 is 1.72 bits per heavy atom. The van der Waals surface area contributed by atoms with Crippen molar-refractivity contribution in [1.82, 2.24) is 4.90 Å². The maximum Gasteiger partial charge on any atom is 0.226 e. The van der Waals surface area contributed by atoms with Crippen molar-refractivity contribution in [2.75, 3.05) is 25.0 Å². The fraction of sp³-hybridized carbons (Fsp3) is 0.367. The zero-order valence-corrected chi connectivity index (χ0v) is 22.4. The highest BCUT2D eigenvalue weighted by atomic mass is 35.5. The molecule has 3 aromatic rings. The monoisotopic (exact) mass is 524 g/mol. The van der Waals surface area contributed by atoms with Crippen LogP contribution in [0.2, 0.25) is 10.0 Å². The summed E-state index contributed by atoms with van der Waals surface area (Å²) < 4.78 is 6.38. The molecule has 0 saturated carbocycles. The van der Waals surface area contributed by atoms with Gasteiger partial charge in [0.15, 0.2) is 0 Å². The SMILES string of the molecule is CC(C)C(=O)Nc1cccc(C2CCN(CC[C@@H](Oc3ccc(Cl)c(Cl)c3)c3ccccc3)CC2)c1. The third kappa shape index (κ3) is 7.25. The molecule has 1 heterocycles. The minimum Gasteiger partial charge on any atom is -0.486 e. The van der Waals surface area contributed by atoms with E-state index in [-0.39, 0.29) is 17.9 Å². The first-order valence-electron chi connectivity index (χ1n) is 12.7. The van der Waals surface area contributed by atoms with Gasteiger partial charge in [-0.05, 0) is 67.2 Å². The lowest BCUT2D eigenvalue weighted by atomic mass is 9.89. The highest BCUT2D eigenvalue weighted by Crippen LogP contribution is 2.33. The molecular formula is C30H34Cl2N2O2. The van der Waals surface area contributed by atoms with Crippen molar-refractivity contribution < 1.29 is 9.53 Å². The molecule has 190 valence electrons. The first kappa shape index (κ1) is 26.5. The number of ether oxygens (including phenoxy) is 1. The molecule has 1 amide bonds. The standard InChI is InChI=1S/C30H34Cl2N2O2/c1-21(2)30(35)33-25-10-6-9-24(19-25)22-13-16-34(17-14-22)18-15-29(23-7-4-3-5-8-23)36-26-11-12-27(31)28(32)20-26/h3-12,19-22,29H,13-18H2,1-2H3,(H,33,35)/t29-/m1/s1. The number of carbonyl (C=O) groups is 1. The molecule has 0 aromatic heterocycles. The summed E-state index contributed by atoms with van der Waals surface area (Å²) in [7, 11) is 0. The van der Waals surface area contributed by atoms with E-state index in [2.05, 4.69) is 34.5 Å². The van der Waals surface area contributed by atoms with Crippen molar-refractivity contribution in [3.05, 3.63) is 94.0 Å². The number of hydrogen-bond donors (Lipinski definition) is 1. The van der Waals surface area contributed by atoms with E-state index in [1.807, 2.05) is 50.2 Å². The van der Waals surface area contributed by atoms with E-state index >= 15 is 0 Å². The van der Waals surface area contributed by atoms with Gasteiger partial charge < -0.3 is 15.0 Å². The summed E-state index contributed by atoms with van der Waals surface area (Å²) in [5.41, 5.74) is 3.35. The number of nitrogens with zero attached hydrogens (tertiary/aromatic N) is 1. The minimum atomic E-state index is -0.0672. The number of piperidine rings is 1. The fourth-order valence-electron chi connectivity index (χ4n) is 4.62. The average Bonchev–Trinajstić information content (AvgIpc) is 2.89. The molecule has 4 rings (SSSR count). The average molecular weight is 526 g/mol. The summed E-state index contributed by atoms with van der Waals surface area (Å²) in [6.45, 7) is 6.86. The van der Waals surface area contributed by atoms with Crippen molar-refractivity contribution in [3.8, 4) is 5.75 Å². The molecule has 1 fully saturated rings. The number of benzene rings is 3. The summed E-state index contributed by atoms with van der Waals surface area (Å²) in [6, 6.07) is 24.1. The molecule has 4 nitrogen and oxygen atoms in total. The third-order valence-electron chi connectivity index (χ3n) is 6.79. The van der Waals surface area contributed by atoms with Gasteiger partial charge in [0.25, 0.3) is 0 Å². The van der Waals surface area contributed by atoms with Gasteiger partial charge in [-0.2, -0.15) is 0 Å². The van der Waals surface area contributed by atoms with Crippen LogP contribution in [-0.2, 0) is 4.79 Å². The van der Waals surface area contributed by atoms with E-state index in [1.54, 1.807) is 12.1 Å². The molecule has 6 heteroatoms. The van der Waals surface area contributed by atoms with Crippen LogP contribution in [0.1, 0.15) is 56.3 Å². The summed E-state index contributed by atoms with van der Waals surface area (Å²) >= 11 is 12.3. The Hall–Kier alpha value is -2.53. The van der Waals surface area contributed by atoms with Crippen LogP contribution in [0.4, 0.5) is 5.69 Å². The number of hydrogen-bond acceptors (Lipinski definition) is 3. The van der Waals surface area contributed by atoms with Gasteiger partial charge in [-0.15, -0.1) is 0 Å². The van der Waals surface area contributed by atoms with Crippen molar-refractivity contribution in [1.29, 1.82) is 0 Å². The molecule has 1 N–H and O–H groups in total. The second-order valence-corrected chi connectivity index (χ2v) is 10.6. The van der Waals surface area contributed by atoms with E-state index < -0.39 is 0 Å². The third-order valence-corrected chi connectivity index (χ3v) is 7.52. The zero-order valence-electron chi connectivity index (χ0n) is 20.9. The Bertz CT molecular complexity index is 1140. The van der Waals surface area contributed by atoms with Gasteiger partial charge in [-0.1, -0.05) is 79.5 Å². The number of likely N-dealkylation sites (tertiary alicyclic amines) is 1. The largest absolute Gasteiger partial charge is 0.486 e. The van der Waals surface area contributed by atoms with Crippen LogP contribution in [0.25, 0.3) is 0 Å². The molecule has 1 saturated heterocycles. The van der Waals surface area contributed by atoms with Crippen LogP contribution in [0.5, 0.6) is 5.75 Å². The van der Waals surface area contributed by atoms with Crippen LogP contribution < -0.4 is 10.1 Å². The van der Waals surface area contributed by atoms with Gasteiger partial charge in [0.1, 0.15) is 11.9 Å². The predicted molar refractivity (Wildman–Crippen MR) is 149 cm³/mol. The summed E-state index contributed by atoms with van der Waals surface area (Å²) in [4.78, 5) is 14.6. The molecule has 36 heavy (non-hydrogen) atoms. The minimum absolute atomic E-state index is 0.0303. The maximum atomic E-state index is 12.1. The topological polar surface area (TPSA) is 41.6 Å². The lowest BCUT2D eigenvalue weighted by molar-refractivity contribution is -0.118. The number of anilines is 1. The lowest BCUT2D eigenvalue weighted by Crippen LogP contribution is -2.34. The Balaban J connectivity index is 1.34. The smallest absolute Gasteiger partial charge is 0.226 e. The summed E-state index contributed by atoms with van der Waals surface area (Å²) in [6.07, 6.45) is 3.02. The van der Waals surface area contributed by atoms with Gasteiger partial charge >= 0.3 is 0 Å². The first-order valence-corrected chi connectivity index (χ1v) is 13.4. The van der Waals surface area contributed by atoms with Crippen LogP contribution in [0.3, 0.4) is 0 Å². The van der Waals surface area contributed by atoms with Gasteiger partial charge in [-0.25, -0.2) is 0 Å². The zero-order chi connectivity index (χ0) is 25.5. The second kappa shape index (κ2) is 12.6. The van der Waals surface area contributed by atoms with E-state index in [9.17, 15) is 4.79 Å². The van der Waals surface area contributed by atoms with Gasteiger partial charge in [-0.3, -0.25) is 4.79 Å². The molecule has 0 aliphatic carbocycles. The number of nitrogens with one attached hydrogen (secondary N) is 1. The van der Waals surface area contributed by atoms with Crippen molar-refractivity contribution in [3.63, 3.8) is 0 Å². The van der Waals surface area contributed by atoms with E-state index in [1.165, 1.54) is 5.56 Å². The van der Waals surface area contributed by atoms with E-state index in [0.717, 1.165) is 55.9 Å².